The summed E-state index contributed by atoms with van der Waals surface area (Å²) in [6, 6.07) is 83.2. The molecule has 0 bridgehead atoms. The van der Waals surface area contributed by atoms with Gasteiger partial charge in [-0.05, 0) is 102 Å². The molecule has 0 saturated carbocycles. The molecule has 3 heteroatoms. The maximum atomic E-state index is 9.81. The highest BCUT2D eigenvalue weighted by atomic mass is 28.3. The van der Waals surface area contributed by atoms with Crippen molar-refractivity contribution in [3.8, 4) is 33.6 Å². The first-order valence-corrected chi connectivity index (χ1v) is 26.0. The average Bonchev–Trinajstić information content (AvgIpc) is 4.32. The third-order valence-electron chi connectivity index (χ3n) is 15.5. The number of benzene rings is 11. The van der Waals surface area contributed by atoms with Gasteiger partial charge >= 0.3 is 0 Å². The first-order valence-electron chi connectivity index (χ1n) is 26.5. The van der Waals surface area contributed by atoms with Gasteiger partial charge in [0.05, 0.1) is 40.0 Å². The largest absolute Gasteiger partial charge is 0.309 e. The fraction of sp³-hybridized carbons (Fsp3) is 0.0149. The molecule has 15 rings (SSSR count). The molecule has 2 nitrogen and oxygen atoms in total. The monoisotopic (exact) mass is 909 g/mol. The minimum Gasteiger partial charge on any atom is -0.309 e. The quantitative estimate of drug-likeness (QED) is 0.116. The Bertz CT molecular complexity index is 4430. The van der Waals surface area contributed by atoms with Crippen molar-refractivity contribution >= 4 is 72.4 Å². The summed E-state index contributed by atoms with van der Waals surface area (Å²) < 4.78 is 51.6. The molecular formula is C67H44N2Si. The van der Waals surface area contributed by atoms with Crippen molar-refractivity contribution in [3.63, 3.8) is 0 Å². The van der Waals surface area contributed by atoms with Gasteiger partial charge in [-0.2, -0.15) is 0 Å². The van der Waals surface area contributed by atoms with Crippen LogP contribution in [0.2, 0.25) is 0 Å². The Kier molecular flexibility index (Phi) is 7.33. The molecule has 1 spiro atoms. The van der Waals surface area contributed by atoms with Crippen molar-refractivity contribution in [2.24, 2.45) is 0 Å². The summed E-state index contributed by atoms with van der Waals surface area (Å²) in [4.78, 5) is 0. The van der Waals surface area contributed by atoms with E-state index in [1.807, 2.05) is 36.4 Å². The highest BCUT2D eigenvalue weighted by Crippen LogP contribution is 2.61. The van der Waals surface area contributed by atoms with Gasteiger partial charge < -0.3 is 9.13 Å². The number of nitrogens with zero attached hydrogens (tertiary/aromatic N) is 2. The summed E-state index contributed by atoms with van der Waals surface area (Å²) in [6.07, 6.45) is 0. The Morgan fingerprint density at radius 3 is 1.51 bits per heavy atom. The second kappa shape index (κ2) is 14.9. The van der Waals surface area contributed by atoms with Gasteiger partial charge in [0.1, 0.15) is 0 Å². The van der Waals surface area contributed by atoms with Gasteiger partial charge in [0.25, 0.3) is 0 Å². The maximum absolute atomic E-state index is 9.81. The SMILES string of the molecule is [2H]c1c([2H])c([2H])c([Si](c2ccccc2)(c2ccccc2)c2ccc3c(c2)-n2c4cccc(-c5cccc6c5c5ccccc5n6-c5ccccc5)c4c4cccc(c42)C32c3ccccc3-c3ccccc32)c([2H])c1[2H]. The van der Waals surface area contributed by atoms with Gasteiger partial charge in [-0.3, -0.25) is 0 Å². The normalized spacial score (nSPS) is 14.3. The molecule has 0 radical (unpaired) electrons. The molecule has 13 aromatic rings. The second-order valence-corrected chi connectivity index (χ2v) is 22.4. The lowest BCUT2D eigenvalue weighted by molar-refractivity contribution is 0.749. The van der Waals surface area contributed by atoms with Crippen LogP contribution in [0, 0.1) is 0 Å². The summed E-state index contributed by atoms with van der Waals surface area (Å²) >= 11 is 0. The fourth-order valence-corrected chi connectivity index (χ4v) is 17.4. The number of rotatable bonds is 6. The van der Waals surface area contributed by atoms with Crippen LogP contribution < -0.4 is 20.7 Å². The number of aromatic nitrogens is 2. The lowest BCUT2D eigenvalue weighted by Gasteiger charge is -2.41. The fourth-order valence-electron chi connectivity index (χ4n) is 13.0. The summed E-state index contributed by atoms with van der Waals surface area (Å²) in [5.41, 5.74) is 15.2. The summed E-state index contributed by atoms with van der Waals surface area (Å²) in [7, 11) is -3.81. The van der Waals surface area contributed by atoms with Crippen LogP contribution >= 0.6 is 0 Å². The molecule has 3 heterocycles. The molecule has 11 aromatic carbocycles. The van der Waals surface area contributed by atoms with Crippen LogP contribution in [0.3, 0.4) is 0 Å². The van der Waals surface area contributed by atoms with Gasteiger partial charge in [0, 0.05) is 27.2 Å². The van der Waals surface area contributed by atoms with Crippen LogP contribution in [0.15, 0.2) is 267 Å². The zero-order valence-corrected chi connectivity index (χ0v) is 38.9. The van der Waals surface area contributed by atoms with E-state index >= 15 is 0 Å². The highest BCUT2D eigenvalue weighted by Gasteiger charge is 2.52. The molecule has 0 unspecified atom stereocenters. The molecule has 70 heavy (non-hydrogen) atoms. The predicted molar refractivity (Wildman–Crippen MR) is 295 cm³/mol. The standard InChI is InChI=1S/C67H44N2Si/c1-5-22-45(23-6-1)68-60-39-18-15-32-54(60)64-52(33-20-40-61(64)68)53-34-21-41-62-65(53)55-35-19-38-59-66(55)69(62)63-44-49(42-43-58(63)67(59)56-36-16-13-30-50(56)51-31-14-17-37-57(51)67)70(46-24-7-2-8-25-46,47-26-9-3-10-27-47)48-28-11-4-12-29-48/h1-44H/i2D,7D,8D,24D,25D. The molecule has 1 aliphatic heterocycles. The van der Waals surface area contributed by atoms with E-state index in [-0.39, 0.29) is 24.2 Å². The minimum atomic E-state index is -3.81. The molecule has 0 amide bonds. The zero-order chi connectivity index (χ0) is 50.3. The molecule has 326 valence electrons. The second-order valence-electron chi connectivity index (χ2n) is 18.7. The van der Waals surface area contributed by atoms with E-state index < -0.39 is 19.5 Å². The lowest BCUT2D eigenvalue weighted by atomic mass is 9.65. The maximum Gasteiger partial charge on any atom is 0.179 e. The predicted octanol–water partition coefficient (Wildman–Crippen LogP) is 13.6. The Balaban J connectivity index is 1.12. The first-order chi connectivity index (χ1) is 36.8. The highest BCUT2D eigenvalue weighted by molar-refractivity contribution is 7.19. The summed E-state index contributed by atoms with van der Waals surface area (Å²) in [5.74, 6) is 0. The molecule has 0 N–H and O–H groups in total. The van der Waals surface area contributed by atoms with Gasteiger partial charge in [-0.25, -0.2) is 0 Å². The molecule has 1 aliphatic carbocycles. The van der Waals surface area contributed by atoms with Crippen molar-refractivity contribution in [1.82, 2.24) is 9.13 Å². The first kappa shape index (κ1) is 34.5. The van der Waals surface area contributed by atoms with Crippen molar-refractivity contribution in [2.45, 2.75) is 5.41 Å². The molecule has 0 saturated heterocycles. The van der Waals surface area contributed by atoms with Crippen LogP contribution in [-0.2, 0) is 5.41 Å². The van der Waals surface area contributed by atoms with Crippen LogP contribution in [0.5, 0.6) is 0 Å². The van der Waals surface area contributed by atoms with Crippen molar-refractivity contribution < 1.29 is 6.85 Å². The Labute approximate surface area is 414 Å². The van der Waals surface area contributed by atoms with Crippen LogP contribution in [0.1, 0.15) is 29.1 Å². The van der Waals surface area contributed by atoms with E-state index in [4.69, 9.17) is 1.37 Å². The molecule has 2 aliphatic rings. The van der Waals surface area contributed by atoms with E-state index in [1.54, 1.807) is 0 Å². The van der Waals surface area contributed by atoms with Gasteiger partial charge in [0.2, 0.25) is 0 Å². The minimum absolute atomic E-state index is 0.181. The van der Waals surface area contributed by atoms with Gasteiger partial charge in [-0.1, -0.05) is 230 Å². The number of para-hydroxylation sites is 3. The van der Waals surface area contributed by atoms with E-state index in [9.17, 15) is 5.48 Å². The summed E-state index contributed by atoms with van der Waals surface area (Å²) in [5, 5.41) is 7.74. The Hall–Kier alpha value is -8.76. The zero-order valence-electron chi connectivity index (χ0n) is 42.9. The molecular weight excluding hydrogens is 861 g/mol. The number of hydrogen-bond donors (Lipinski definition) is 0. The van der Waals surface area contributed by atoms with Crippen LogP contribution in [0.25, 0.3) is 77.2 Å². The van der Waals surface area contributed by atoms with E-state index in [0.29, 0.717) is 5.19 Å². The molecule has 2 aromatic heterocycles. The van der Waals surface area contributed by atoms with Crippen LogP contribution in [0.4, 0.5) is 0 Å². The lowest BCUT2D eigenvalue weighted by Crippen LogP contribution is -2.74. The van der Waals surface area contributed by atoms with Gasteiger partial charge in [-0.15, -0.1) is 0 Å². The number of hydrogen-bond acceptors (Lipinski definition) is 0. The van der Waals surface area contributed by atoms with E-state index in [0.717, 1.165) is 76.5 Å². The number of fused-ring (bicyclic) bond motifs is 15. The average molecular weight is 910 g/mol. The third-order valence-corrected chi connectivity index (χ3v) is 20.1. The Morgan fingerprint density at radius 2 is 0.843 bits per heavy atom. The third kappa shape index (κ3) is 5.06. The van der Waals surface area contributed by atoms with Crippen molar-refractivity contribution in [2.75, 3.05) is 0 Å². The van der Waals surface area contributed by atoms with Crippen molar-refractivity contribution in [3.05, 3.63) is 289 Å². The van der Waals surface area contributed by atoms with Crippen molar-refractivity contribution in [1.29, 1.82) is 0 Å². The van der Waals surface area contributed by atoms with Crippen LogP contribution in [-0.4, -0.2) is 17.2 Å². The topological polar surface area (TPSA) is 9.86 Å². The van der Waals surface area contributed by atoms with E-state index in [2.05, 4.69) is 209 Å². The molecule has 0 fully saturated rings. The Morgan fingerprint density at radius 1 is 0.343 bits per heavy atom. The van der Waals surface area contributed by atoms with Gasteiger partial charge in [0.15, 0.2) is 8.07 Å². The van der Waals surface area contributed by atoms with E-state index in [1.165, 1.54) is 38.6 Å². The smallest absolute Gasteiger partial charge is 0.179 e. The summed E-state index contributed by atoms with van der Waals surface area (Å²) in [6.45, 7) is 0. The molecule has 0 atom stereocenters.